The maximum Gasteiger partial charge on any atom is 0.387 e. The lowest BCUT2D eigenvalue weighted by atomic mass is 10.1. The van der Waals surface area contributed by atoms with Crippen LogP contribution in [0.1, 0.15) is 29.6 Å². The van der Waals surface area contributed by atoms with Gasteiger partial charge in [-0.2, -0.15) is 8.78 Å². The molecule has 0 aromatic heterocycles. The van der Waals surface area contributed by atoms with E-state index >= 15 is 0 Å². The van der Waals surface area contributed by atoms with Gasteiger partial charge < -0.3 is 15.2 Å². The van der Waals surface area contributed by atoms with Crippen molar-refractivity contribution in [2.75, 3.05) is 6.61 Å². The number of aliphatic hydroxyl groups excluding tert-OH is 1. The van der Waals surface area contributed by atoms with Gasteiger partial charge >= 0.3 is 6.61 Å². The van der Waals surface area contributed by atoms with Crippen molar-refractivity contribution in [2.45, 2.75) is 31.9 Å². The summed E-state index contributed by atoms with van der Waals surface area (Å²) in [6, 6.07) is 5.52. The number of ether oxygens (including phenoxy) is 1. The highest BCUT2D eigenvalue weighted by atomic mass is 19.3. The van der Waals surface area contributed by atoms with Crippen LogP contribution in [-0.2, 0) is 0 Å². The van der Waals surface area contributed by atoms with E-state index in [-0.39, 0.29) is 24.3 Å². The second-order valence-electron chi connectivity index (χ2n) is 4.83. The Morgan fingerprint density at radius 1 is 1.35 bits per heavy atom. The molecule has 4 nitrogen and oxygen atoms in total. The van der Waals surface area contributed by atoms with Crippen LogP contribution in [0, 0.1) is 5.92 Å². The van der Waals surface area contributed by atoms with E-state index in [2.05, 4.69) is 10.1 Å². The Labute approximate surface area is 115 Å². The zero-order valence-corrected chi connectivity index (χ0v) is 10.9. The molecule has 6 heteroatoms. The molecule has 1 fully saturated rings. The average molecular weight is 285 g/mol. The van der Waals surface area contributed by atoms with Crippen molar-refractivity contribution in [2.24, 2.45) is 5.92 Å². The molecule has 1 saturated carbocycles. The zero-order valence-electron chi connectivity index (χ0n) is 10.9. The normalized spacial score (nSPS) is 16.0. The number of nitrogens with one attached hydrogen (secondary N) is 1. The predicted octanol–water partition coefficient (Wildman–Crippen LogP) is 2.18. The van der Waals surface area contributed by atoms with Crippen molar-refractivity contribution in [3.8, 4) is 5.75 Å². The number of carbonyl (C=O) groups is 1. The smallest absolute Gasteiger partial charge is 0.387 e. The number of benzene rings is 1. The minimum atomic E-state index is -2.88. The molecule has 0 radical (unpaired) electrons. The van der Waals surface area contributed by atoms with Crippen molar-refractivity contribution >= 4 is 5.91 Å². The molecule has 0 bridgehead atoms. The summed E-state index contributed by atoms with van der Waals surface area (Å²) in [7, 11) is 0. The van der Waals surface area contributed by atoms with Gasteiger partial charge in [-0.05, 0) is 49.4 Å². The van der Waals surface area contributed by atoms with Crippen molar-refractivity contribution in [1.29, 1.82) is 0 Å². The van der Waals surface area contributed by atoms with Crippen LogP contribution in [0.15, 0.2) is 24.3 Å². The van der Waals surface area contributed by atoms with Crippen LogP contribution in [0.3, 0.4) is 0 Å². The molecular weight excluding hydrogens is 268 g/mol. The molecule has 1 aliphatic carbocycles. The Hall–Kier alpha value is -1.69. The van der Waals surface area contributed by atoms with Gasteiger partial charge in [0.05, 0.1) is 0 Å². The van der Waals surface area contributed by atoms with Crippen molar-refractivity contribution in [3.63, 3.8) is 0 Å². The van der Waals surface area contributed by atoms with E-state index < -0.39 is 6.61 Å². The zero-order chi connectivity index (χ0) is 14.5. The van der Waals surface area contributed by atoms with E-state index in [4.69, 9.17) is 5.11 Å². The van der Waals surface area contributed by atoms with Gasteiger partial charge in [0.15, 0.2) is 0 Å². The number of hydrogen-bond donors (Lipinski definition) is 2. The van der Waals surface area contributed by atoms with Crippen molar-refractivity contribution in [1.82, 2.24) is 5.32 Å². The summed E-state index contributed by atoms with van der Waals surface area (Å²) in [5.74, 6) is 0.192. The van der Waals surface area contributed by atoms with Crippen LogP contribution >= 0.6 is 0 Å². The fourth-order valence-corrected chi connectivity index (χ4v) is 2.10. The monoisotopic (exact) mass is 285 g/mol. The van der Waals surface area contributed by atoms with E-state index in [9.17, 15) is 13.6 Å². The SMILES string of the molecule is O=C(NC(CCO)C1CC1)c1ccc(OC(F)F)cc1. The highest BCUT2D eigenvalue weighted by Gasteiger charge is 2.31. The lowest BCUT2D eigenvalue weighted by Gasteiger charge is -2.17. The molecule has 110 valence electrons. The topological polar surface area (TPSA) is 58.6 Å². The standard InChI is InChI=1S/C14H17F2NO3/c15-14(16)20-11-5-3-10(4-6-11)13(19)17-12(7-8-18)9-1-2-9/h3-6,9,12,14,18H,1-2,7-8H2,(H,17,19). The van der Waals surface area contributed by atoms with Crippen LogP contribution in [-0.4, -0.2) is 30.3 Å². The fraction of sp³-hybridized carbons (Fsp3) is 0.500. The Morgan fingerprint density at radius 3 is 2.50 bits per heavy atom. The summed E-state index contributed by atoms with van der Waals surface area (Å²) in [5.41, 5.74) is 0.384. The van der Waals surface area contributed by atoms with Crippen LogP contribution in [0.4, 0.5) is 8.78 Å². The molecule has 0 saturated heterocycles. The van der Waals surface area contributed by atoms with E-state index in [0.29, 0.717) is 17.9 Å². The highest BCUT2D eigenvalue weighted by Crippen LogP contribution is 2.34. The van der Waals surface area contributed by atoms with Gasteiger partial charge in [-0.3, -0.25) is 4.79 Å². The first kappa shape index (κ1) is 14.7. The molecule has 2 rings (SSSR count). The number of amides is 1. The molecule has 0 heterocycles. The second-order valence-corrected chi connectivity index (χ2v) is 4.83. The second kappa shape index (κ2) is 6.65. The molecule has 0 aliphatic heterocycles. The quantitative estimate of drug-likeness (QED) is 0.807. The molecule has 2 N–H and O–H groups in total. The van der Waals surface area contributed by atoms with Crippen molar-refractivity contribution in [3.05, 3.63) is 29.8 Å². The Morgan fingerprint density at radius 2 is 2.00 bits per heavy atom. The van der Waals surface area contributed by atoms with E-state index in [1.54, 1.807) is 0 Å². The minimum absolute atomic E-state index is 0.0191. The summed E-state index contributed by atoms with van der Waals surface area (Å²) in [6.45, 7) is -2.85. The van der Waals surface area contributed by atoms with Gasteiger partial charge in [-0.25, -0.2) is 0 Å². The number of halogens is 2. The third kappa shape index (κ3) is 4.16. The minimum Gasteiger partial charge on any atom is -0.435 e. The molecular formula is C14H17F2NO3. The Bertz CT molecular complexity index is 446. The third-order valence-electron chi connectivity index (χ3n) is 3.29. The molecule has 1 aliphatic rings. The lowest BCUT2D eigenvalue weighted by Crippen LogP contribution is -2.37. The highest BCUT2D eigenvalue weighted by molar-refractivity contribution is 5.94. The van der Waals surface area contributed by atoms with Crippen LogP contribution in [0.5, 0.6) is 5.75 Å². The molecule has 20 heavy (non-hydrogen) atoms. The van der Waals surface area contributed by atoms with Gasteiger partial charge in [0, 0.05) is 18.2 Å². The van der Waals surface area contributed by atoms with Crippen LogP contribution in [0.25, 0.3) is 0 Å². The molecule has 1 aromatic carbocycles. The van der Waals surface area contributed by atoms with Crippen molar-refractivity contribution < 1.29 is 23.4 Å². The largest absolute Gasteiger partial charge is 0.435 e. The van der Waals surface area contributed by atoms with Gasteiger partial charge in [-0.15, -0.1) is 0 Å². The van der Waals surface area contributed by atoms with Gasteiger partial charge in [0.25, 0.3) is 5.91 Å². The molecule has 1 atom stereocenters. The predicted molar refractivity (Wildman–Crippen MR) is 68.8 cm³/mol. The molecule has 1 aromatic rings. The number of carbonyl (C=O) groups excluding carboxylic acids is 1. The number of hydrogen-bond acceptors (Lipinski definition) is 3. The summed E-state index contributed by atoms with van der Waals surface area (Å²) < 4.78 is 28.2. The maximum absolute atomic E-state index is 12.0. The van der Waals surface area contributed by atoms with Crippen LogP contribution in [0.2, 0.25) is 0 Å². The van der Waals surface area contributed by atoms with Gasteiger partial charge in [-0.1, -0.05) is 0 Å². The van der Waals surface area contributed by atoms with Gasteiger partial charge in [0.2, 0.25) is 0 Å². The number of aliphatic hydroxyl groups is 1. The van der Waals surface area contributed by atoms with Crippen LogP contribution < -0.4 is 10.1 Å². The molecule has 1 amide bonds. The summed E-state index contributed by atoms with van der Waals surface area (Å²) in [5, 5.41) is 11.8. The first-order valence-electron chi connectivity index (χ1n) is 6.56. The van der Waals surface area contributed by atoms with E-state index in [1.165, 1.54) is 24.3 Å². The van der Waals surface area contributed by atoms with E-state index in [0.717, 1.165) is 12.8 Å². The molecule has 0 spiro atoms. The van der Waals surface area contributed by atoms with E-state index in [1.807, 2.05) is 0 Å². The number of alkyl halides is 2. The Balaban J connectivity index is 1.94. The average Bonchev–Trinajstić information content (AvgIpc) is 3.22. The summed E-state index contributed by atoms with van der Waals surface area (Å²) in [4.78, 5) is 12.0. The first-order chi connectivity index (χ1) is 9.60. The number of rotatable bonds is 7. The fourth-order valence-electron chi connectivity index (χ4n) is 2.10. The maximum atomic E-state index is 12.0. The summed E-state index contributed by atoms with van der Waals surface area (Å²) in [6.07, 6.45) is 2.65. The summed E-state index contributed by atoms with van der Waals surface area (Å²) >= 11 is 0. The Kier molecular flexibility index (Phi) is 4.89. The molecule has 1 unspecified atom stereocenters. The lowest BCUT2D eigenvalue weighted by molar-refractivity contribution is -0.0498. The van der Waals surface area contributed by atoms with Gasteiger partial charge in [0.1, 0.15) is 5.75 Å². The first-order valence-corrected chi connectivity index (χ1v) is 6.56. The third-order valence-corrected chi connectivity index (χ3v) is 3.29.